The standard InChI is InChI=1S/C19H27BrO/c20-13-17-11-16(14-7-3-1-4-8-14)12-18(19(17)21)15-9-5-2-6-10-15/h11-12,14-15,21H,1-10,13H2. The molecule has 1 aromatic rings. The topological polar surface area (TPSA) is 20.2 Å². The second-order valence-electron chi connectivity index (χ2n) is 6.92. The van der Waals surface area contributed by atoms with Gasteiger partial charge in [0.15, 0.2) is 0 Å². The summed E-state index contributed by atoms with van der Waals surface area (Å²) in [5.41, 5.74) is 3.83. The second-order valence-corrected chi connectivity index (χ2v) is 7.48. The van der Waals surface area contributed by atoms with Gasteiger partial charge in [-0.25, -0.2) is 0 Å². The van der Waals surface area contributed by atoms with Crippen LogP contribution in [0.15, 0.2) is 12.1 Å². The Morgan fingerprint density at radius 3 is 2.00 bits per heavy atom. The summed E-state index contributed by atoms with van der Waals surface area (Å²) in [6, 6.07) is 4.61. The maximum absolute atomic E-state index is 10.6. The molecule has 0 saturated heterocycles. The smallest absolute Gasteiger partial charge is 0.123 e. The lowest BCUT2D eigenvalue weighted by molar-refractivity contribution is 0.408. The summed E-state index contributed by atoms with van der Waals surface area (Å²) in [5.74, 6) is 1.87. The molecule has 2 fully saturated rings. The molecule has 1 N–H and O–H groups in total. The Morgan fingerprint density at radius 2 is 1.43 bits per heavy atom. The van der Waals surface area contributed by atoms with Crippen molar-refractivity contribution in [3.63, 3.8) is 0 Å². The van der Waals surface area contributed by atoms with Crippen LogP contribution in [0.1, 0.15) is 92.7 Å². The van der Waals surface area contributed by atoms with Gasteiger partial charge in [0.25, 0.3) is 0 Å². The lowest BCUT2D eigenvalue weighted by atomic mass is 9.79. The number of alkyl halides is 1. The minimum absolute atomic E-state index is 0.568. The van der Waals surface area contributed by atoms with Crippen LogP contribution in [0.4, 0.5) is 0 Å². The molecule has 0 atom stereocenters. The number of hydrogen-bond acceptors (Lipinski definition) is 1. The van der Waals surface area contributed by atoms with E-state index in [1.807, 2.05) is 0 Å². The van der Waals surface area contributed by atoms with Gasteiger partial charge in [-0.15, -0.1) is 0 Å². The van der Waals surface area contributed by atoms with Crippen molar-refractivity contribution in [1.82, 2.24) is 0 Å². The van der Waals surface area contributed by atoms with Crippen LogP contribution >= 0.6 is 15.9 Å². The third-order valence-corrected chi connectivity index (χ3v) is 6.11. The zero-order valence-electron chi connectivity index (χ0n) is 12.9. The normalized spacial score (nSPS) is 21.6. The van der Waals surface area contributed by atoms with E-state index in [2.05, 4.69) is 28.1 Å². The lowest BCUT2D eigenvalue weighted by Crippen LogP contribution is -2.09. The first-order valence-corrected chi connectivity index (χ1v) is 9.83. The number of aromatic hydroxyl groups is 1. The van der Waals surface area contributed by atoms with Gasteiger partial charge in [-0.1, -0.05) is 66.6 Å². The van der Waals surface area contributed by atoms with Crippen molar-refractivity contribution < 1.29 is 5.11 Å². The van der Waals surface area contributed by atoms with Crippen LogP contribution in [-0.4, -0.2) is 5.11 Å². The monoisotopic (exact) mass is 350 g/mol. The average Bonchev–Trinajstić information content (AvgIpc) is 2.56. The van der Waals surface area contributed by atoms with Crippen LogP contribution in [0.3, 0.4) is 0 Å². The Labute approximate surface area is 137 Å². The van der Waals surface area contributed by atoms with Crippen LogP contribution in [0.25, 0.3) is 0 Å². The van der Waals surface area contributed by atoms with Crippen molar-refractivity contribution in [3.8, 4) is 5.75 Å². The zero-order valence-corrected chi connectivity index (χ0v) is 14.5. The maximum Gasteiger partial charge on any atom is 0.123 e. The molecule has 0 bridgehead atoms. The molecule has 0 unspecified atom stereocenters. The third-order valence-electron chi connectivity index (χ3n) is 5.51. The van der Waals surface area contributed by atoms with Gasteiger partial charge in [-0.3, -0.25) is 0 Å². The summed E-state index contributed by atoms with van der Waals surface area (Å²) in [6.45, 7) is 0. The SMILES string of the molecule is Oc1c(CBr)cc(C2CCCCC2)cc1C1CCCCC1. The highest BCUT2D eigenvalue weighted by Crippen LogP contribution is 2.42. The fourth-order valence-electron chi connectivity index (χ4n) is 4.24. The molecule has 0 amide bonds. The molecule has 2 saturated carbocycles. The van der Waals surface area contributed by atoms with E-state index in [-0.39, 0.29) is 0 Å². The molecule has 2 aliphatic rings. The highest BCUT2D eigenvalue weighted by atomic mass is 79.9. The molecule has 0 aromatic heterocycles. The molecule has 116 valence electrons. The third kappa shape index (κ3) is 3.47. The molecule has 0 radical (unpaired) electrons. The average molecular weight is 351 g/mol. The Balaban J connectivity index is 1.93. The van der Waals surface area contributed by atoms with Crippen molar-refractivity contribution in [2.24, 2.45) is 0 Å². The second kappa shape index (κ2) is 7.17. The van der Waals surface area contributed by atoms with E-state index in [9.17, 15) is 5.11 Å². The van der Waals surface area contributed by atoms with Gasteiger partial charge < -0.3 is 5.11 Å². The maximum atomic E-state index is 10.6. The number of phenolic OH excluding ortho intramolecular Hbond substituents is 1. The first-order valence-electron chi connectivity index (χ1n) is 8.71. The summed E-state index contributed by atoms with van der Waals surface area (Å²) in [6.07, 6.45) is 13.3. The molecule has 0 heterocycles. The van der Waals surface area contributed by atoms with E-state index in [1.165, 1.54) is 75.3 Å². The van der Waals surface area contributed by atoms with Crippen LogP contribution in [0.2, 0.25) is 0 Å². The van der Waals surface area contributed by atoms with Gasteiger partial charge in [0.05, 0.1) is 0 Å². The minimum Gasteiger partial charge on any atom is -0.507 e. The minimum atomic E-state index is 0.568. The molecule has 1 aromatic carbocycles. The van der Waals surface area contributed by atoms with Crippen molar-refractivity contribution >= 4 is 15.9 Å². The summed E-state index contributed by atoms with van der Waals surface area (Å²) in [7, 11) is 0. The molecule has 3 rings (SSSR count). The van der Waals surface area contributed by atoms with Gasteiger partial charge in [-0.2, -0.15) is 0 Å². The number of benzene rings is 1. The van der Waals surface area contributed by atoms with Gasteiger partial charge in [0.1, 0.15) is 5.75 Å². The van der Waals surface area contributed by atoms with E-state index >= 15 is 0 Å². The van der Waals surface area contributed by atoms with Crippen molar-refractivity contribution in [1.29, 1.82) is 0 Å². The van der Waals surface area contributed by atoms with E-state index in [1.54, 1.807) is 0 Å². The molecular formula is C19H27BrO. The summed E-state index contributed by atoms with van der Waals surface area (Å²) < 4.78 is 0. The van der Waals surface area contributed by atoms with Crippen LogP contribution < -0.4 is 0 Å². The van der Waals surface area contributed by atoms with Crippen LogP contribution in [-0.2, 0) is 5.33 Å². The van der Waals surface area contributed by atoms with Gasteiger partial charge in [0, 0.05) is 10.9 Å². The number of rotatable bonds is 3. The molecular weight excluding hydrogens is 324 g/mol. The fourth-order valence-corrected chi connectivity index (χ4v) is 4.67. The van der Waals surface area contributed by atoms with Gasteiger partial charge >= 0.3 is 0 Å². The lowest BCUT2D eigenvalue weighted by Gasteiger charge is -2.27. The highest BCUT2D eigenvalue weighted by Gasteiger charge is 2.23. The number of phenols is 1. The molecule has 21 heavy (non-hydrogen) atoms. The molecule has 0 aliphatic heterocycles. The predicted octanol–water partition coefficient (Wildman–Crippen LogP) is 6.38. The first-order chi connectivity index (χ1) is 10.3. The van der Waals surface area contributed by atoms with Crippen molar-refractivity contribution in [3.05, 3.63) is 28.8 Å². The quantitative estimate of drug-likeness (QED) is 0.626. The summed E-state index contributed by atoms with van der Waals surface area (Å²) in [5, 5.41) is 11.4. The molecule has 2 aliphatic carbocycles. The first kappa shape index (κ1) is 15.4. The van der Waals surface area contributed by atoms with Gasteiger partial charge in [-0.05, 0) is 48.6 Å². The van der Waals surface area contributed by atoms with Crippen molar-refractivity contribution in [2.75, 3.05) is 0 Å². The summed E-state index contributed by atoms with van der Waals surface area (Å²) in [4.78, 5) is 0. The van der Waals surface area contributed by atoms with Gasteiger partial charge in [0.2, 0.25) is 0 Å². The van der Waals surface area contributed by atoms with Crippen molar-refractivity contribution in [2.45, 2.75) is 81.4 Å². The van der Waals surface area contributed by atoms with E-state index < -0.39 is 0 Å². The summed E-state index contributed by atoms with van der Waals surface area (Å²) >= 11 is 3.56. The Bertz CT molecular complexity index is 471. The van der Waals surface area contributed by atoms with E-state index in [4.69, 9.17) is 0 Å². The van der Waals surface area contributed by atoms with Crippen LogP contribution in [0.5, 0.6) is 5.75 Å². The zero-order chi connectivity index (χ0) is 14.7. The molecule has 0 spiro atoms. The van der Waals surface area contributed by atoms with Crippen LogP contribution in [0, 0.1) is 0 Å². The molecule has 1 nitrogen and oxygen atoms in total. The Kier molecular flexibility index (Phi) is 5.26. The Hall–Kier alpha value is -0.500. The highest BCUT2D eigenvalue weighted by molar-refractivity contribution is 9.08. The number of hydrogen-bond donors (Lipinski definition) is 1. The molecule has 2 heteroatoms. The largest absolute Gasteiger partial charge is 0.507 e. The van der Waals surface area contributed by atoms with E-state index in [0.717, 1.165) is 16.8 Å². The number of halogens is 1. The fraction of sp³-hybridized carbons (Fsp3) is 0.684. The van der Waals surface area contributed by atoms with E-state index in [0.29, 0.717) is 11.7 Å². The predicted molar refractivity (Wildman–Crippen MR) is 92.4 cm³/mol. The Morgan fingerprint density at radius 1 is 0.857 bits per heavy atom.